The average Bonchev–Trinajstić information content (AvgIpc) is 2.54. The normalized spacial score (nSPS) is 14.0. The largest absolute Gasteiger partial charge is 0.243 e. The van der Waals surface area contributed by atoms with Gasteiger partial charge >= 0.3 is 0 Å². The van der Waals surface area contributed by atoms with Crippen LogP contribution in [-0.4, -0.2) is 4.98 Å². The molecule has 60 valence electrons. The van der Waals surface area contributed by atoms with Gasteiger partial charge in [0.2, 0.25) is 0 Å². The lowest BCUT2D eigenvalue weighted by molar-refractivity contribution is 1.20. The molecule has 0 fully saturated rings. The van der Waals surface area contributed by atoms with E-state index in [1.165, 1.54) is 0 Å². The number of hydrogen-bond donors (Lipinski definition) is 0. The van der Waals surface area contributed by atoms with Crippen LogP contribution < -0.4 is 0 Å². The molecule has 0 unspecified atom stereocenters. The van der Waals surface area contributed by atoms with Crippen LogP contribution in [0, 0.1) is 11.3 Å². The Bertz CT molecular complexity index is 370. The van der Waals surface area contributed by atoms with Gasteiger partial charge in [-0.25, -0.2) is 4.98 Å². The molecule has 1 aromatic heterocycles. The van der Waals surface area contributed by atoms with Crippen molar-refractivity contribution in [2.24, 2.45) is 0 Å². The van der Waals surface area contributed by atoms with E-state index >= 15 is 0 Å². The van der Waals surface area contributed by atoms with E-state index in [2.05, 4.69) is 11.1 Å². The van der Waals surface area contributed by atoms with Crippen molar-refractivity contribution in [3.63, 3.8) is 0 Å². The summed E-state index contributed by atoms with van der Waals surface area (Å²) < 4.78 is 0. The molecule has 1 aromatic rings. The molecule has 1 aliphatic rings. The van der Waals surface area contributed by atoms with Gasteiger partial charge in [-0.3, -0.25) is 0 Å². The minimum atomic E-state index is 0.550. The Hall–Kier alpha value is -0.720. The maximum atomic E-state index is 8.75. The molecule has 12 heavy (non-hydrogen) atoms. The molecule has 0 aliphatic carbocycles. The minimum absolute atomic E-state index is 0.550. The highest BCUT2D eigenvalue weighted by Gasteiger charge is 2.18. The molecule has 4 heteroatoms. The molecular formula is C8H5ClN2S. The van der Waals surface area contributed by atoms with Gasteiger partial charge in [0.1, 0.15) is 11.2 Å². The summed E-state index contributed by atoms with van der Waals surface area (Å²) in [5.74, 6) is 1.77. The minimum Gasteiger partial charge on any atom is -0.243 e. The zero-order valence-electron chi connectivity index (χ0n) is 6.17. The number of hydrogen-bond acceptors (Lipinski definition) is 3. The smallest absolute Gasteiger partial charge is 0.133 e. The first-order valence-corrected chi connectivity index (χ1v) is 5.00. The van der Waals surface area contributed by atoms with Crippen molar-refractivity contribution in [2.75, 3.05) is 0 Å². The van der Waals surface area contributed by atoms with E-state index in [1.807, 2.05) is 0 Å². The van der Waals surface area contributed by atoms with Gasteiger partial charge in [0.15, 0.2) is 0 Å². The molecule has 0 saturated carbocycles. The predicted molar refractivity (Wildman–Crippen MR) is 49.0 cm³/mol. The standard InChI is InChI=1S/C8H5ClN2S/c9-8-7-4-12-3-6(7)5(1-10)2-11-8/h2H,3-4H2. The summed E-state index contributed by atoms with van der Waals surface area (Å²) in [6.07, 6.45) is 1.55. The van der Waals surface area contributed by atoms with Gasteiger partial charge in [-0.2, -0.15) is 17.0 Å². The Morgan fingerprint density at radius 2 is 2.25 bits per heavy atom. The lowest BCUT2D eigenvalue weighted by Crippen LogP contribution is -1.92. The number of aromatic nitrogens is 1. The van der Waals surface area contributed by atoms with Crippen LogP contribution in [0.4, 0.5) is 0 Å². The van der Waals surface area contributed by atoms with E-state index in [1.54, 1.807) is 18.0 Å². The number of thioether (sulfide) groups is 1. The monoisotopic (exact) mass is 196 g/mol. The second kappa shape index (κ2) is 2.96. The third-order valence-corrected chi connectivity index (χ3v) is 3.17. The van der Waals surface area contributed by atoms with Crippen LogP contribution in [0.2, 0.25) is 5.15 Å². The molecule has 0 amide bonds. The highest BCUT2D eigenvalue weighted by atomic mass is 35.5. The van der Waals surface area contributed by atoms with Crippen LogP contribution in [0.1, 0.15) is 16.7 Å². The predicted octanol–water partition coefficient (Wildman–Crippen LogP) is 2.35. The quantitative estimate of drug-likeness (QED) is 0.598. The van der Waals surface area contributed by atoms with Crippen LogP contribution >= 0.6 is 23.4 Å². The van der Waals surface area contributed by atoms with Crippen LogP contribution in [0.3, 0.4) is 0 Å². The number of pyridine rings is 1. The Morgan fingerprint density at radius 3 is 3.00 bits per heavy atom. The number of nitriles is 1. The lowest BCUT2D eigenvalue weighted by Gasteiger charge is -2.00. The van der Waals surface area contributed by atoms with E-state index in [9.17, 15) is 0 Å². The van der Waals surface area contributed by atoms with Gasteiger partial charge in [-0.1, -0.05) is 11.6 Å². The van der Waals surface area contributed by atoms with Crippen LogP contribution in [0.15, 0.2) is 6.20 Å². The number of halogens is 1. The molecule has 2 nitrogen and oxygen atoms in total. The Kier molecular flexibility index (Phi) is 1.95. The Balaban J connectivity index is 2.66. The van der Waals surface area contributed by atoms with E-state index in [-0.39, 0.29) is 0 Å². The summed E-state index contributed by atoms with van der Waals surface area (Å²) in [4.78, 5) is 3.95. The van der Waals surface area contributed by atoms with Crippen molar-refractivity contribution < 1.29 is 0 Å². The van der Waals surface area contributed by atoms with E-state index in [0.29, 0.717) is 10.7 Å². The molecule has 0 saturated heterocycles. The van der Waals surface area contributed by atoms with Gasteiger partial charge in [-0.15, -0.1) is 0 Å². The third kappa shape index (κ3) is 1.08. The summed E-state index contributed by atoms with van der Waals surface area (Å²) in [5.41, 5.74) is 2.78. The molecule has 2 heterocycles. The Labute approximate surface area is 79.6 Å². The zero-order chi connectivity index (χ0) is 8.55. The fraction of sp³-hybridized carbons (Fsp3) is 0.250. The molecule has 0 N–H and O–H groups in total. The van der Waals surface area contributed by atoms with Crippen LogP contribution in [0.5, 0.6) is 0 Å². The van der Waals surface area contributed by atoms with E-state index in [4.69, 9.17) is 16.9 Å². The maximum absolute atomic E-state index is 8.75. The Morgan fingerprint density at radius 1 is 1.50 bits per heavy atom. The van der Waals surface area contributed by atoms with Gasteiger partial charge < -0.3 is 0 Å². The number of rotatable bonds is 0. The maximum Gasteiger partial charge on any atom is 0.133 e. The van der Waals surface area contributed by atoms with Crippen molar-refractivity contribution in [2.45, 2.75) is 11.5 Å². The fourth-order valence-corrected chi connectivity index (χ4v) is 2.69. The molecular weight excluding hydrogens is 192 g/mol. The van der Waals surface area contributed by atoms with Crippen LogP contribution in [-0.2, 0) is 11.5 Å². The highest BCUT2D eigenvalue weighted by Crippen LogP contribution is 2.35. The molecule has 0 bridgehead atoms. The van der Waals surface area contributed by atoms with Gasteiger partial charge in [0.05, 0.1) is 5.56 Å². The van der Waals surface area contributed by atoms with Crippen molar-refractivity contribution in [1.29, 1.82) is 5.26 Å². The van der Waals surface area contributed by atoms with Crippen LogP contribution in [0.25, 0.3) is 0 Å². The summed E-state index contributed by atoms with van der Waals surface area (Å²) in [6, 6.07) is 2.12. The fourth-order valence-electron chi connectivity index (χ4n) is 1.23. The van der Waals surface area contributed by atoms with E-state index in [0.717, 1.165) is 22.6 Å². The summed E-state index contributed by atoms with van der Waals surface area (Å²) in [5, 5.41) is 9.30. The first-order valence-electron chi connectivity index (χ1n) is 3.47. The molecule has 1 aliphatic heterocycles. The van der Waals surface area contributed by atoms with Crippen molar-refractivity contribution >= 4 is 23.4 Å². The van der Waals surface area contributed by atoms with Gasteiger partial charge in [0.25, 0.3) is 0 Å². The molecule has 0 spiro atoms. The van der Waals surface area contributed by atoms with Crippen molar-refractivity contribution in [3.8, 4) is 6.07 Å². The van der Waals surface area contributed by atoms with Gasteiger partial charge in [-0.05, 0) is 5.56 Å². The second-order valence-electron chi connectivity index (χ2n) is 2.52. The number of fused-ring (bicyclic) bond motifs is 1. The van der Waals surface area contributed by atoms with Crippen molar-refractivity contribution in [3.05, 3.63) is 28.0 Å². The average molecular weight is 197 g/mol. The zero-order valence-corrected chi connectivity index (χ0v) is 7.74. The van der Waals surface area contributed by atoms with Gasteiger partial charge in [0, 0.05) is 23.3 Å². The summed E-state index contributed by atoms with van der Waals surface area (Å²) in [6.45, 7) is 0. The molecule has 0 atom stereocenters. The second-order valence-corrected chi connectivity index (χ2v) is 3.87. The number of nitrogens with zero attached hydrogens (tertiary/aromatic N) is 2. The van der Waals surface area contributed by atoms with E-state index < -0.39 is 0 Å². The van der Waals surface area contributed by atoms with Crippen molar-refractivity contribution in [1.82, 2.24) is 4.98 Å². The molecule has 0 radical (unpaired) electrons. The first-order chi connectivity index (χ1) is 5.83. The third-order valence-electron chi connectivity index (χ3n) is 1.86. The highest BCUT2D eigenvalue weighted by molar-refractivity contribution is 7.98. The SMILES string of the molecule is N#Cc1cnc(Cl)c2c1CSC2. The lowest BCUT2D eigenvalue weighted by atomic mass is 10.1. The summed E-state index contributed by atoms with van der Waals surface area (Å²) in [7, 11) is 0. The first kappa shape index (κ1) is 7.90. The molecule has 0 aromatic carbocycles. The molecule has 2 rings (SSSR count). The topological polar surface area (TPSA) is 36.7 Å². The summed E-state index contributed by atoms with van der Waals surface area (Å²) >= 11 is 7.64.